The highest BCUT2D eigenvalue weighted by atomic mass is 19.1. The molecular formula is C17H22FN5O. The predicted molar refractivity (Wildman–Crippen MR) is 91.5 cm³/mol. The highest BCUT2D eigenvalue weighted by molar-refractivity contribution is 5.80. The zero-order chi connectivity index (χ0) is 16.8. The molecule has 2 aromatic rings. The lowest BCUT2D eigenvalue weighted by atomic mass is 10.2. The van der Waals surface area contributed by atoms with E-state index >= 15 is 0 Å². The number of rotatable bonds is 4. The Kier molecular flexibility index (Phi) is 5.30. The number of nitrogens with zero attached hydrogens (tertiary/aromatic N) is 4. The molecular weight excluding hydrogens is 309 g/mol. The van der Waals surface area contributed by atoms with E-state index in [1.165, 1.54) is 12.1 Å². The van der Waals surface area contributed by atoms with Gasteiger partial charge in [-0.15, -0.1) is 0 Å². The minimum Gasteiger partial charge on any atom is -0.368 e. The van der Waals surface area contributed by atoms with Crippen LogP contribution in [0, 0.1) is 5.82 Å². The molecule has 24 heavy (non-hydrogen) atoms. The van der Waals surface area contributed by atoms with Crippen LogP contribution in [0.15, 0.2) is 46.1 Å². The Hall–Kier alpha value is -2.57. The van der Waals surface area contributed by atoms with Gasteiger partial charge in [0.05, 0.1) is 6.54 Å². The molecule has 6 nitrogen and oxygen atoms in total. The topological polar surface area (TPSA) is 56.9 Å². The lowest BCUT2D eigenvalue weighted by Crippen LogP contribution is -2.52. The minimum absolute atomic E-state index is 0.202. The summed E-state index contributed by atoms with van der Waals surface area (Å²) in [5, 5.41) is 7.21. The number of benzene rings is 1. The van der Waals surface area contributed by atoms with Gasteiger partial charge in [-0.05, 0) is 31.2 Å². The molecule has 0 unspecified atom stereocenters. The summed E-state index contributed by atoms with van der Waals surface area (Å²) in [5.41, 5.74) is 1.87. The monoisotopic (exact) mass is 331 g/mol. The van der Waals surface area contributed by atoms with Crippen molar-refractivity contribution in [3.8, 4) is 0 Å². The first kappa shape index (κ1) is 16.3. The molecule has 1 aromatic heterocycles. The number of hydrogen-bond acceptors (Lipinski definition) is 4. The molecule has 3 rings (SSSR count). The van der Waals surface area contributed by atoms with Gasteiger partial charge in [0.15, 0.2) is 5.96 Å². The summed E-state index contributed by atoms with van der Waals surface area (Å²) < 4.78 is 17.9. The van der Waals surface area contributed by atoms with E-state index < -0.39 is 0 Å². The zero-order valence-electron chi connectivity index (χ0n) is 13.8. The van der Waals surface area contributed by atoms with Gasteiger partial charge < -0.3 is 19.6 Å². The van der Waals surface area contributed by atoms with E-state index in [-0.39, 0.29) is 5.82 Å². The maximum absolute atomic E-state index is 13.0. The second kappa shape index (κ2) is 7.81. The standard InChI is InChI=1S/C17H22FN5O/c1-2-19-17(20-13-15-7-12-24-21-15)23-10-8-22(9-11-23)16-5-3-14(18)4-6-16/h3-7,12H,2,8-11,13H2,1H3,(H,19,20). The molecule has 0 saturated carbocycles. The third-order valence-electron chi connectivity index (χ3n) is 3.99. The zero-order valence-corrected chi connectivity index (χ0v) is 13.8. The van der Waals surface area contributed by atoms with E-state index in [2.05, 4.69) is 32.2 Å². The summed E-state index contributed by atoms with van der Waals surface area (Å²) >= 11 is 0. The van der Waals surface area contributed by atoms with Gasteiger partial charge in [0.2, 0.25) is 0 Å². The minimum atomic E-state index is -0.202. The van der Waals surface area contributed by atoms with E-state index in [0.29, 0.717) is 6.54 Å². The van der Waals surface area contributed by atoms with Crippen LogP contribution in [-0.2, 0) is 6.54 Å². The highest BCUT2D eigenvalue weighted by Gasteiger charge is 2.19. The molecule has 2 heterocycles. The van der Waals surface area contributed by atoms with Crippen molar-refractivity contribution in [2.75, 3.05) is 37.6 Å². The van der Waals surface area contributed by atoms with Gasteiger partial charge in [-0.25, -0.2) is 9.38 Å². The number of piperazine rings is 1. The number of hydrogen-bond donors (Lipinski definition) is 1. The molecule has 0 atom stereocenters. The molecule has 0 bridgehead atoms. The largest absolute Gasteiger partial charge is 0.368 e. The molecule has 0 aliphatic carbocycles. The maximum Gasteiger partial charge on any atom is 0.194 e. The molecule has 1 N–H and O–H groups in total. The van der Waals surface area contributed by atoms with Crippen LogP contribution < -0.4 is 10.2 Å². The molecule has 7 heteroatoms. The van der Waals surface area contributed by atoms with Crippen LogP contribution in [0.3, 0.4) is 0 Å². The van der Waals surface area contributed by atoms with Gasteiger partial charge >= 0.3 is 0 Å². The van der Waals surface area contributed by atoms with E-state index in [4.69, 9.17) is 4.52 Å². The molecule has 1 aliphatic rings. The average molecular weight is 331 g/mol. The van der Waals surface area contributed by atoms with Crippen molar-refractivity contribution >= 4 is 11.6 Å². The summed E-state index contributed by atoms with van der Waals surface area (Å²) in [6.45, 7) is 6.84. The summed E-state index contributed by atoms with van der Waals surface area (Å²) in [7, 11) is 0. The van der Waals surface area contributed by atoms with Crippen molar-refractivity contribution in [3.05, 3.63) is 48.1 Å². The molecule has 0 radical (unpaired) electrons. The fourth-order valence-electron chi connectivity index (χ4n) is 2.73. The Morgan fingerprint density at radius 1 is 1.21 bits per heavy atom. The first-order valence-corrected chi connectivity index (χ1v) is 8.19. The van der Waals surface area contributed by atoms with Gasteiger partial charge in [-0.3, -0.25) is 0 Å². The van der Waals surface area contributed by atoms with Crippen molar-refractivity contribution in [3.63, 3.8) is 0 Å². The van der Waals surface area contributed by atoms with E-state index in [0.717, 1.165) is 50.1 Å². The Morgan fingerprint density at radius 3 is 2.58 bits per heavy atom. The number of anilines is 1. The fourth-order valence-corrected chi connectivity index (χ4v) is 2.73. The maximum atomic E-state index is 13.0. The van der Waals surface area contributed by atoms with Crippen LogP contribution in [0.5, 0.6) is 0 Å². The fraction of sp³-hybridized carbons (Fsp3) is 0.412. The second-order valence-corrected chi connectivity index (χ2v) is 5.61. The van der Waals surface area contributed by atoms with Crippen LogP contribution in [0.2, 0.25) is 0 Å². The lowest BCUT2D eigenvalue weighted by molar-refractivity contribution is 0.372. The summed E-state index contributed by atoms with van der Waals surface area (Å²) in [6.07, 6.45) is 1.55. The number of nitrogens with one attached hydrogen (secondary N) is 1. The number of aromatic nitrogens is 1. The SMILES string of the molecule is CCNC(=NCc1ccon1)N1CCN(c2ccc(F)cc2)CC1. The first-order chi connectivity index (χ1) is 11.8. The van der Waals surface area contributed by atoms with Crippen molar-refractivity contribution in [2.45, 2.75) is 13.5 Å². The average Bonchev–Trinajstić information content (AvgIpc) is 3.13. The van der Waals surface area contributed by atoms with Gasteiger partial charge in [0.25, 0.3) is 0 Å². The number of guanidine groups is 1. The first-order valence-electron chi connectivity index (χ1n) is 8.19. The van der Waals surface area contributed by atoms with Crippen LogP contribution >= 0.6 is 0 Å². The number of aliphatic imine (C=N–C) groups is 1. The Bertz CT molecular complexity index is 648. The third-order valence-corrected chi connectivity index (χ3v) is 3.99. The van der Waals surface area contributed by atoms with E-state index in [1.54, 1.807) is 6.26 Å². The van der Waals surface area contributed by atoms with Crippen molar-refractivity contribution < 1.29 is 8.91 Å². The third kappa shape index (κ3) is 4.04. The van der Waals surface area contributed by atoms with Crippen LogP contribution in [0.1, 0.15) is 12.6 Å². The summed E-state index contributed by atoms with van der Waals surface area (Å²) in [5.74, 6) is 0.686. The van der Waals surface area contributed by atoms with Gasteiger partial charge in [0.1, 0.15) is 17.8 Å². The molecule has 1 fully saturated rings. The van der Waals surface area contributed by atoms with Crippen LogP contribution in [-0.4, -0.2) is 48.7 Å². The molecule has 0 amide bonds. The van der Waals surface area contributed by atoms with Crippen molar-refractivity contribution in [1.82, 2.24) is 15.4 Å². The highest BCUT2D eigenvalue weighted by Crippen LogP contribution is 2.17. The molecule has 0 spiro atoms. The molecule has 1 saturated heterocycles. The second-order valence-electron chi connectivity index (χ2n) is 5.61. The Balaban J connectivity index is 1.60. The van der Waals surface area contributed by atoms with Crippen LogP contribution in [0.25, 0.3) is 0 Å². The smallest absolute Gasteiger partial charge is 0.194 e. The Labute approximate surface area is 140 Å². The van der Waals surface area contributed by atoms with Crippen LogP contribution in [0.4, 0.5) is 10.1 Å². The normalized spacial score (nSPS) is 15.7. The molecule has 128 valence electrons. The van der Waals surface area contributed by atoms with Gasteiger partial charge in [0, 0.05) is 44.5 Å². The number of halogens is 1. The summed E-state index contributed by atoms with van der Waals surface area (Å²) in [4.78, 5) is 9.13. The predicted octanol–water partition coefficient (Wildman–Crippen LogP) is 2.10. The Morgan fingerprint density at radius 2 is 1.96 bits per heavy atom. The molecule has 1 aromatic carbocycles. The van der Waals surface area contributed by atoms with E-state index in [1.807, 2.05) is 18.2 Å². The quantitative estimate of drug-likeness (QED) is 0.687. The lowest BCUT2D eigenvalue weighted by Gasteiger charge is -2.37. The molecule has 1 aliphatic heterocycles. The summed E-state index contributed by atoms with van der Waals surface area (Å²) in [6, 6.07) is 8.49. The van der Waals surface area contributed by atoms with Gasteiger partial charge in [-0.2, -0.15) is 0 Å². The van der Waals surface area contributed by atoms with Crippen molar-refractivity contribution in [1.29, 1.82) is 0 Å². The van der Waals surface area contributed by atoms with E-state index in [9.17, 15) is 4.39 Å². The van der Waals surface area contributed by atoms with Gasteiger partial charge in [-0.1, -0.05) is 5.16 Å². The van der Waals surface area contributed by atoms with Crippen molar-refractivity contribution in [2.24, 2.45) is 4.99 Å².